The second-order valence-corrected chi connectivity index (χ2v) is 27.1. The van der Waals surface area contributed by atoms with E-state index in [0.29, 0.717) is 66.9 Å². The van der Waals surface area contributed by atoms with Crippen LogP contribution in [-0.4, -0.2) is 59.3 Å². The second-order valence-electron chi connectivity index (χ2n) is 26.4. The predicted octanol–water partition coefficient (Wildman–Crippen LogP) is 15.9. The molecule has 8 aromatic carbocycles. The number of hydrogen-bond acceptors (Lipinski definition) is 15. The Hall–Kier alpha value is -4.66. The second kappa shape index (κ2) is 62.9. The summed E-state index contributed by atoms with van der Waals surface area (Å²) in [5.41, 5.74) is 11.1. The first-order valence-electron chi connectivity index (χ1n) is 36.3. The molecule has 107 heavy (non-hydrogen) atoms. The number of phenols is 4. The number of alkyl halides is 1. The van der Waals surface area contributed by atoms with Crippen LogP contribution in [0.15, 0.2) is 182 Å². The average molecular weight is 1600 g/mol. The summed E-state index contributed by atoms with van der Waals surface area (Å²) in [4.78, 5) is 11.2. The van der Waals surface area contributed by atoms with Crippen LogP contribution in [0.4, 0.5) is 0 Å². The molecule has 0 radical (unpaired) electrons. The summed E-state index contributed by atoms with van der Waals surface area (Å²) in [6.07, 6.45) is 7.81. The maximum atomic E-state index is 10.4. The van der Waals surface area contributed by atoms with E-state index in [4.69, 9.17) is 29.0 Å². The molecule has 0 aromatic heterocycles. The van der Waals surface area contributed by atoms with Gasteiger partial charge in [-0.2, -0.15) is 0 Å². The topological polar surface area (TPSA) is 251 Å². The number of aromatic hydroxyl groups is 4. The largest absolute Gasteiger partial charge is 1.00 e. The molecule has 1 aliphatic heterocycles. The van der Waals surface area contributed by atoms with Crippen molar-refractivity contribution in [1.29, 1.82) is 0 Å². The maximum absolute atomic E-state index is 10.4. The van der Waals surface area contributed by atoms with Gasteiger partial charge in [0.25, 0.3) is 6.47 Å². The third-order valence-electron chi connectivity index (χ3n) is 16.9. The molecule has 584 valence electrons. The zero-order valence-electron chi connectivity index (χ0n) is 66.5. The van der Waals surface area contributed by atoms with Gasteiger partial charge >= 0.3 is 103 Å². The SMILES string of the molecule is C.C.CC.CCC(C)C.CCC(C)CCC(O)c1cc(C)cc(OCc2ccccc2)c1.CCC(C)CCC(O)c1cc(O)cc(O)c1.CCC(C)CCC(O)c1cc(O)cc(O)c1.Cc1cc(OCc2ccccc2)cc(C(O)CBr)c1.Cc1cc(OCc2ccccc2)cc(C2CO2)c1.O=CO[O-].[H-].[K+].[K+]. The van der Waals surface area contributed by atoms with Crippen molar-refractivity contribution >= 4 is 22.4 Å². The summed E-state index contributed by atoms with van der Waals surface area (Å²) < 4.78 is 22.8. The van der Waals surface area contributed by atoms with Crippen LogP contribution in [0.5, 0.6) is 40.2 Å². The molecule has 0 bridgehead atoms. The van der Waals surface area contributed by atoms with E-state index < -0.39 is 24.4 Å². The molecule has 0 aliphatic carbocycles. The van der Waals surface area contributed by atoms with Gasteiger partial charge < -0.3 is 71.4 Å². The quantitative estimate of drug-likeness (QED) is 0.00542. The van der Waals surface area contributed by atoms with Gasteiger partial charge in [0.1, 0.15) is 66.2 Å². The molecule has 8 aromatic rings. The van der Waals surface area contributed by atoms with Crippen molar-refractivity contribution in [3.05, 3.63) is 243 Å². The molecule has 8 atom stereocenters. The minimum atomic E-state index is -0.619. The first-order valence-corrected chi connectivity index (χ1v) is 37.5. The number of aliphatic hydroxyl groups excluding tert-OH is 4. The van der Waals surface area contributed by atoms with Gasteiger partial charge in [-0.05, 0) is 205 Å². The van der Waals surface area contributed by atoms with Gasteiger partial charge in [0.2, 0.25) is 0 Å². The number of benzene rings is 8. The Morgan fingerprint density at radius 2 is 0.720 bits per heavy atom. The van der Waals surface area contributed by atoms with Gasteiger partial charge in [-0.3, -0.25) is 4.79 Å². The minimum Gasteiger partial charge on any atom is -1.00 e. The number of aryl methyl sites for hydroxylation is 3. The predicted molar refractivity (Wildman–Crippen MR) is 432 cm³/mol. The molecule has 1 fully saturated rings. The van der Waals surface area contributed by atoms with Crippen LogP contribution in [0.25, 0.3) is 0 Å². The Labute approximate surface area is 738 Å². The molecule has 8 unspecified atom stereocenters. The summed E-state index contributed by atoms with van der Waals surface area (Å²) >= 11 is 3.29. The van der Waals surface area contributed by atoms with Gasteiger partial charge in [0.15, 0.2) is 0 Å². The van der Waals surface area contributed by atoms with Crippen molar-refractivity contribution in [3.63, 3.8) is 0 Å². The molecule has 8 N–H and O–H groups in total. The number of rotatable bonds is 29. The average Bonchev–Trinajstić information content (AvgIpc) is 1.75. The molecule has 0 amide bonds. The molecule has 0 spiro atoms. The molecule has 9 rings (SSSR count). The zero-order valence-corrected chi connectivity index (χ0v) is 73.3. The Morgan fingerprint density at radius 1 is 0.449 bits per heavy atom. The molecular weight excluding hydrogens is 1470 g/mol. The van der Waals surface area contributed by atoms with Gasteiger partial charge in [-0.1, -0.05) is 242 Å². The number of carbonyl (C=O) groups excluding carboxylic acids is 1. The molecule has 1 heterocycles. The summed E-state index contributed by atoms with van der Waals surface area (Å²) in [6, 6.07) is 57.0. The number of epoxide rings is 1. The van der Waals surface area contributed by atoms with Crippen molar-refractivity contribution in [2.24, 2.45) is 23.7 Å². The summed E-state index contributed by atoms with van der Waals surface area (Å²) in [7, 11) is 0. The monoisotopic (exact) mass is 1590 g/mol. The van der Waals surface area contributed by atoms with E-state index in [1.807, 2.05) is 125 Å². The van der Waals surface area contributed by atoms with E-state index in [2.05, 4.69) is 139 Å². The smallest absolute Gasteiger partial charge is 1.00 e. The van der Waals surface area contributed by atoms with Gasteiger partial charge in [-0.15, -0.1) is 0 Å². The van der Waals surface area contributed by atoms with Crippen LogP contribution in [0.2, 0.25) is 0 Å². The number of carbonyl (C=O) groups is 1. The molecule has 0 saturated carbocycles. The first-order chi connectivity index (χ1) is 49.3. The Kier molecular flexibility index (Phi) is 62.6. The van der Waals surface area contributed by atoms with E-state index >= 15 is 0 Å². The number of aliphatic hydroxyl groups is 4. The fourth-order valence-corrected chi connectivity index (χ4v) is 10.1. The third kappa shape index (κ3) is 48.7. The molecule has 1 aliphatic rings. The molecule has 1 saturated heterocycles. The number of phenolic OH excluding ortho intramolecular Hbond substituents is 4. The normalized spacial score (nSPS) is 13.1. The number of hydrogen-bond donors (Lipinski definition) is 8. The standard InChI is InChI=1S/C21H28O2.C16H17BrO2.C16H16O2.2C13H20O3.C5H12.C2H6.CH2O3.2CH4.2K.H/c1-4-16(2)10-11-21(22)19-12-17(3)13-20(14-19)23-15-18-8-6-5-7-9-18;1-12-7-14(16(18)10-17)9-15(8-12)19-11-13-5-3-2-4-6-13;1-12-7-14(16-11-18-16)9-15(8-12)17-10-13-5-3-2-4-6-13;2*1-3-9(2)4-5-13(16)10-6-11(14)8-12(15)7-10;1-4-5(2)3;1-2;2-1-4-3;;;;;/h5-9,12-14,16,21-22H,4,10-11,15H2,1-3H3;2-9,16,18H,10-11H2,1H3;2-9,16H,10-11H2,1H3;2*6-9,13-16H,3-5H2,1-2H3;5H,4H2,1-3H3;1-2H3;1,3H;2*1H4;;;/q;;;;;;;;;;2*+1;-1/p-1. The van der Waals surface area contributed by atoms with Gasteiger partial charge in [-0.25, -0.2) is 0 Å². The fraction of sp³-hybridized carbons (Fsp3) is 0.449. The van der Waals surface area contributed by atoms with Crippen LogP contribution in [0.1, 0.15) is 248 Å². The van der Waals surface area contributed by atoms with E-state index in [9.17, 15) is 40.9 Å². The fourth-order valence-electron chi connectivity index (χ4n) is 9.76. The first kappa shape index (κ1) is 107. The van der Waals surface area contributed by atoms with Gasteiger partial charge in [0.05, 0.1) is 31.0 Å². The third-order valence-corrected chi connectivity index (χ3v) is 17.6. The van der Waals surface area contributed by atoms with Crippen LogP contribution >= 0.6 is 15.9 Å². The van der Waals surface area contributed by atoms with E-state index in [1.54, 1.807) is 0 Å². The van der Waals surface area contributed by atoms with Crippen LogP contribution in [0, 0.1) is 44.4 Å². The Bertz CT molecular complexity index is 3410. The zero-order chi connectivity index (χ0) is 76.7. The van der Waals surface area contributed by atoms with Crippen molar-refractivity contribution in [2.75, 3.05) is 11.9 Å². The van der Waals surface area contributed by atoms with Crippen molar-refractivity contribution < 1.29 is 179 Å². The van der Waals surface area contributed by atoms with Crippen molar-refractivity contribution in [3.8, 4) is 40.2 Å². The minimum absolute atomic E-state index is 0. The van der Waals surface area contributed by atoms with E-state index in [1.165, 1.54) is 59.5 Å². The summed E-state index contributed by atoms with van der Waals surface area (Å²) in [5, 5.41) is 86.2. The summed E-state index contributed by atoms with van der Waals surface area (Å²) in [5.74, 6) is 5.18. The van der Waals surface area contributed by atoms with E-state index in [-0.39, 0.29) is 155 Å². The Balaban J connectivity index is -0.000000600. The molecule has 15 nitrogen and oxygen atoms in total. The number of ether oxygens (including phenoxy) is 4. The maximum Gasteiger partial charge on any atom is 1.00 e. The van der Waals surface area contributed by atoms with Gasteiger partial charge in [0, 0.05) is 17.5 Å². The van der Waals surface area contributed by atoms with Crippen LogP contribution in [-0.2, 0) is 34.2 Å². The van der Waals surface area contributed by atoms with Crippen molar-refractivity contribution in [1.82, 2.24) is 0 Å². The molecular formula is C89H129BrK2O15. The summed E-state index contributed by atoms with van der Waals surface area (Å²) in [6.45, 7) is 32.1. The molecule has 18 heteroatoms. The van der Waals surface area contributed by atoms with Crippen LogP contribution < -0.4 is 122 Å². The van der Waals surface area contributed by atoms with Crippen molar-refractivity contribution in [2.45, 2.75) is 226 Å². The van der Waals surface area contributed by atoms with E-state index in [0.717, 1.165) is 108 Å². The Morgan fingerprint density at radius 3 is 0.981 bits per heavy atom. The van der Waals surface area contributed by atoms with Crippen LogP contribution in [0.3, 0.4) is 0 Å². The number of halogens is 1.